The molecule has 0 saturated heterocycles. The van der Waals surface area contributed by atoms with E-state index in [4.69, 9.17) is 0 Å². The third-order valence-corrected chi connectivity index (χ3v) is 7.99. The van der Waals surface area contributed by atoms with Crippen LogP contribution in [-0.2, 0) is 16.4 Å². The van der Waals surface area contributed by atoms with E-state index in [2.05, 4.69) is 20.0 Å². The Morgan fingerprint density at radius 2 is 1.84 bits per heavy atom. The SMILES string of the molecule is CNS(=O)(=O)[C@H](CCC(C)(C)O)C[C@H](O)[C@H](Cc1cccc(F)c1)NC(=O)c1cnc2ccccc2n1. The monoisotopic (exact) mass is 532 g/mol. The molecular weight excluding hydrogens is 499 g/mol. The minimum atomic E-state index is -3.81. The minimum Gasteiger partial charge on any atom is -0.391 e. The number of aromatic nitrogens is 2. The minimum absolute atomic E-state index is 0.0246. The topological polar surface area (TPSA) is 142 Å². The summed E-state index contributed by atoms with van der Waals surface area (Å²) >= 11 is 0. The highest BCUT2D eigenvalue weighted by Crippen LogP contribution is 2.22. The van der Waals surface area contributed by atoms with Crippen LogP contribution in [0.2, 0.25) is 0 Å². The Kier molecular flexibility index (Phi) is 9.30. The van der Waals surface area contributed by atoms with Crippen molar-refractivity contribution in [2.24, 2.45) is 0 Å². The predicted octanol–water partition coefficient (Wildman–Crippen LogP) is 2.33. The number of aliphatic hydroxyl groups excluding tert-OH is 1. The second-order valence-corrected chi connectivity index (χ2v) is 11.8. The van der Waals surface area contributed by atoms with E-state index in [1.807, 2.05) is 0 Å². The molecule has 2 aromatic carbocycles. The average Bonchev–Trinajstić information content (AvgIpc) is 2.85. The fraction of sp³-hybridized carbons (Fsp3) is 0.423. The number of hydrogen-bond acceptors (Lipinski definition) is 7. The largest absolute Gasteiger partial charge is 0.391 e. The Bertz CT molecular complexity index is 1330. The molecule has 11 heteroatoms. The third-order valence-electron chi connectivity index (χ3n) is 6.11. The summed E-state index contributed by atoms with van der Waals surface area (Å²) in [6.45, 7) is 3.15. The number of halogens is 1. The molecule has 9 nitrogen and oxygen atoms in total. The highest BCUT2D eigenvalue weighted by molar-refractivity contribution is 7.90. The molecule has 0 saturated carbocycles. The first kappa shape index (κ1) is 28.6. The van der Waals surface area contributed by atoms with E-state index in [0.29, 0.717) is 16.6 Å². The van der Waals surface area contributed by atoms with E-state index in [0.717, 1.165) is 0 Å². The van der Waals surface area contributed by atoms with Crippen molar-refractivity contribution in [1.29, 1.82) is 0 Å². The van der Waals surface area contributed by atoms with Crippen molar-refractivity contribution in [1.82, 2.24) is 20.0 Å². The summed E-state index contributed by atoms with van der Waals surface area (Å²) in [4.78, 5) is 21.7. The first-order valence-corrected chi connectivity index (χ1v) is 13.5. The molecule has 0 aliphatic carbocycles. The van der Waals surface area contributed by atoms with Crippen LogP contribution in [0, 0.1) is 5.82 Å². The van der Waals surface area contributed by atoms with Crippen LogP contribution in [0.3, 0.4) is 0 Å². The highest BCUT2D eigenvalue weighted by atomic mass is 32.2. The summed E-state index contributed by atoms with van der Waals surface area (Å²) in [5.74, 6) is -1.08. The first-order chi connectivity index (χ1) is 17.4. The van der Waals surface area contributed by atoms with Gasteiger partial charge in [-0.2, -0.15) is 0 Å². The fourth-order valence-corrected chi connectivity index (χ4v) is 5.24. The van der Waals surface area contributed by atoms with Gasteiger partial charge in [-0.3, -0.25) is 9.78 Å². The van der Waals surface area contributed by atoms with Gasteiger partial charge in [0.25, 0.3) is 5.91 Å². The first-order valence-electron chi connectivity index (χ1n) is 12.0. The Balaban J connectivity index is 1.87. The molecule has 0 fully saturated rings. The zero-order valence-electron chi connectivity index (χ0n) is 21.1. The molecule has 0 radical (unpaired) electrons. The number of para-hydroxylation sites is 2. The van der Waals surface area contributed by atoms with E-state index in [9.17, 15) is 27.8 Å². The van der Waals surface area contributed by atoms with Crippen LogP contribution >= 0.6 is 0 Å². The van der Waals surface area contributed by atoms with Gasteiger partial charge >= 0.3 is 0 Å². The van der Waals surface area contributed by atoms with Crippen LogP contribution in [-0.4, -0.2) is 64.6 Å². The van der Waals surface area contributed by atoms with Gasteiger partial charge in [-0.05, 0) is 76.4 Å². The maximum absolute atomic E-state index is 13.8. The summed E-state index contributed by atoms with van der Waals surface area (Å²) in [6.07, 6.45) is 0.0998. The van der Waals surface area contributed by atoms with Crippen molar-refractivity contribution in [2.45, 2.75) is 62.5 Å². The van der Waals surface area contributed by atoms with Crippen molar-refractivity contribution < 1.29 is 27.8 Å². The lowest BCUT2D eigenvalue weighted by Crippen LogP contribution is -2.48. The van der Waals surface area contributed by atoms with Gasteiger partial charge in [0, 0.05) is 0 Å². The normalized spacial score (nSPS) is 14.8. The molecule has 3 aromatic rings. The molecule has 4 N–H and O–H groups in total. The van der Waals surface area contributed by atoms with E-state index in [1.165, 1.54) is 31.4 Å². The number of sulfonamides is 1. The highest BCUT2D eigenvalue weighted by Gasteiger charge is 2.32. The van der Waals surface area contributed by atoms with Crippen molar-refractivity contribution in [3.63, 3.8) is 0 Å². The van der Waals surface area contributed by atoms with Crippen LogP contribution in [0.5, 0.6) is 0 Å². The van der Waals surface area contributed by atoms with Gasteiger partial charge in [-0.15, -0.1) is 0 Å². The maximum atomic E-state index is 13.8. The number of fused-ring (bicyclic) bond motifs is 1. The molecule has 0 bridgehead atoms. The lowest BCUT2D eigenvalue weighted by molar-refractivity contribution is 0.0640. The zero-order chi connectivity index (χ0) is 27.2. The van der Waals surface area contributed by atoms with Crippen LogP contribution < -0.4 is 10.0 Å². The van der Waals surface area contributed by atoms with Gasteiger partial charge < -0.3 is 15.5 Å². The summed E-state index contributed by atoms with van der Waals surface area (Å²) in [5.41, 5.74) is 0.567. The van der Waals surface area contributed by atoms with Crippen molar-refractivity contribution >= 4 is 27.0 Å². The Hall–Kier alpha value is -2.99. The predicted molar refractivity (Wildman–Crippen MR) is 139 cm³/mol. The molecule has 0 aliphatic heterocycles. The van der Waals surface area contributed by atoms with Crippen molar-refractivity contribution in [3.8, 4) is 0 Å². The van der Waals surface area contributed by atoms with Gasteiger partial charge in [-0.25, -0.2) is 22.5 Å². The molecule has 0 aliphatic rings. The maximum Gasteiger partial charge on any atom is 0.271 e. The summed E-state index contributed by atoms with van der Waals surface area (Å²) in [7, 11) is -2.53. The molecule has 3 rings (SSSR count). The second-order valence-electron chi connectivity index (χ2n) is 9.68. The average molecular weight is 533 g/mol. The van der Waals surface area contributed by atoms with Crippen molar-refractivity contribution in [3.05, 3.63) is 71.8 Å². The van der Waals surface area contributed by atoms with E-state index >= 15 is 0 Å². The molecular formula is C26H33FN4O5S. The molecule has 1 heterocycles. The van der Waals surface area contributed by atoms with Crippen LogP contribution in [0.1, 0.15) is 49.2 Å². The molecule has 0 spiro atoms. The Morgan fingerprint density at radius 1 is 1.14 bits per heavy atom. The summed E-state index contributed by atoms with van der Waals surface area (Å²) < 4.78 is 41.5. The summed E-state index contributed by atoms with van der Waals surface area (Å²) in [5, 5.41) is 23.0. The second kappa shape index (κ2) is 12.0. The van der Waals surface area contributed by atoms with Gasteiger partial charge in [0.2, 0.25) is 10.0 Å². The number of amides is 1. The Labute approximate surface area is 216 Å². The van der Waals surface area contributed by atoms with Crippen LogP contribution in [0.15, 0.2) is 54.7 Å². The van der Waals surface area contributed by atoms with Gasteiger partial charge in [-0.1, -0.05) is 24.3 Å². The quantitative estimate of drug-likeness (QED) is 0.281. The molecule has 1 amide bonds. The lowest BCUT2D eigenvalue weighted by atomic mass is 9.94. The molecule has 200 valence electrons. The zero-order valence-corrected chi connectivity index (χ0v) is 21.9. The Morgan fingerprint density at radius 3 is 2.49 bits per heavy atom. The van der Waals surface area contributed by atoms with Crippen LogP contribution in [0.25, 0.3) is 11.0 Å². The van der Waals surface area contributed by atoms with E-state index < -0.39 is 44.7 Å². The smallest absolute Gasteiger partial charge is 0.271 e. The number of benzene rings is 2. The fourth-order valence-electron chi connectivity index (χ4n) is 4.02. The number of carbonyl (C=O) groups excluding carboxylic acids is 1. The molecule has 3 atom stereocenters. The number of rotatable bonds is 12. The number of aliphatic hydroxyl groups is 2. The molecule has 1 aromatic heterocycles. The molecule has 37 heavy (non-hydrogen) atoms. The summed E-state index contributed by atoms with van der Waals surface area (Å²) in [6, 6.07) is 11.8. The lowest BCUT2D eigenvalue weighted by Gasteiger charge is -2.28. The number of hydrogen-bond donors (Lipinski definition) is 4. The number of carbonyl (C=O) groups is 1. The van der Waals surface area contributed by atoms with Gasteiger partial charge in [0.15, 0.2) is 0 Å². The molecule has 0 unspecified atom stereocenters. The number of nitrogens with one attached hydrogen (secondary N) is 2. The standard InChI is InChI=1S/C26H33FN4O5S/c1-26(2,34)12-11-19(37(35,36)28-3)15-24(32)22(14-17-7-6-8-18(27)13-17)31-25(33)23-16-29-20-9-4-5-10-21(20)30-23/h4-10,13,16,19,22,24,28,32,34H,11-12,14-15H2,1-3H3,(H,31,33)/t19-,22+,24+/m1/s1. The number of nitrogens with zero attached hydrogens (tertiary/aromatic N) is 2. The van der Waals surface area contributed by atoms with Gasteiger partial charge in [0.1, 0.15) is 11.5 Å². The van der Waals surface area contributed by atoms with Gasteiger partial charge in [0.05, 0.1) is 40.2 Å². The van der Waals surface area contributed by atoms with E-state index in [-0.39, 0.29) is 31.4 Å². The third kappa shape index (κ3) is 8.26. The van der Waals surface area contributed by atoms with Crippen molar-refractivity contribution in [2.75, 3.05) is 7.05 Å². The van der Waals surface area contributed by atoms with E-state index in [1.54, 1.807) is 44.2 Å². The van der Waals surface area contributed by atoms with Crippen LogP contribution in [0.4, 0.5) is 4.39 Å².